The second-order valence-electron chi connectivity index (χ2n) is 6.60. The Labute approximate surface area is 135 Å². The van der Waals surface area contributed by atoms with Gasteiger partial charge in [0.25, 0.3) is 0 Å². The van der Waals surface area contributed by atoms with Gasteiger partial charge in [-0.15, -0.1) is 11.3 Å². The maximum atomic E-state index is 5.46. The lowest BCUT2D eigenvalue weighted by Gasteiger charge is -2.31. The molecular weight excluding hydrogens is 294 g/mol. The molecule has 4 rings (SSSR count). The minimum absolute atomic E-state index is 0.446. The SMILES string of the molecule is COC[C@@H]1CN(Cc2cccs2)Cc2nn(CC3CC3)cc21. The molecule has 0 bridgehead atoms. The van der Waals surface area contributed by atoms with Crippen LogP contribution >= 0.6 is 11.3 Å². The van der Waals surface area contributed by atoms with Crippen molar-refractivity contribution in [1.82, 2.24) is 14.7 Å². The highest BCUT2D eigenvalue weighted by Crippen LogP contribution is 2.33. The lowest BCUT2D eigenvalue weighted by molar-refractivity contribution is 0.136. The van der Waals surface area contributed by atoms with Gasteiger partial charge in [0.2, 0.25) is 0 Å². The molecule has 1 aliphatic carbocycles. The van der Waals surface area contributed by atoms with E-state index in [1.807, 2.05) is 11.3 Å². The summed E-state index contributed by atoms with van der Waals surface area (Å²) >= 11 is 1.84. The summed E-state index contributed by atoms with van der Waals surface area (Å²) in [6, 6.07) is 4.35. The third-order valence-electron chi connectivity index (χ3n) is 4.63. The predicted molar refractivity (Wildman–Crippen MR) is 88.0 cm³/mol. The van der Waals surface area contributed by atoms with Crippen LogP contribution in [-0.4, -0.2) is 34.9 Å². The Morgan fingerprint density at radius 1 is 1.41 bits per heavy atom. The molecule has 1 atom stereocenters. The molecule has 1 aliphatic heterocycles. The van der Waals surface area contributed by atoms with E-state index >= 15 is 0 Å². The van der Waals surface area contributed by atoms with Crippen molar-refractivity contribution in [2.45, 2.75) is 38.4 Å². The van der Waals surface area contributed by atoms with E-state index in [4.69, 9.17) is 9.84 Å². The summed E-state index contributed by atoms with van der Waals surface area (Å²) in [5, 5.41) is 7.02. The largest absolute Gasteiger partial charge is 0.384 e. The number of ether oxygens (including phenoxy) is 1. The number of hydrogen-bond acceptors (Lipinski definition) is 4. The van der Waals surface area contributed by atoms with Gasteiger partial charge in [-0.1, -0.05) is 6.07 Å². The molecule has 2 aliphatic rings. The van der Waals surface area contributed by atoms with Crippen molar-refractivity contribution < 1.29 is 4.74 Å². The lowest BCUT2D eigenvalue weighted by atomic mass is 9.95. The van der Waals surface area contributed by atoms with Crippen LogP contribution in [0.3, 0.4) is 0 Å². The zero-order valence-electron chi connectivity index (χ0n) is 13.1. The van der Waals surface area contributed by atoms with Crippen LogP contribution in [0.15, 0.2) is 23.7 Å². The number of methoxy groups -OCH3 is 1. The molecule has 2 aromatic rings. The van der Waals surface area contributed by atoms with Gasteiger partial charge in [-0.05, 0) is 30.2 Å². The van der Waals surface area contributed by atoms with Gasteiger partial charge in [0.1, 0.15) is 0 Å². The fraction of sp³-hybridized carbons (Fsp3) is 0.588. The van der Waals surface area contributed by atoms with Gasteiger partial charge in [-0.2, -0.15) is 5.10 Å². The highest BCUT2D eigenvalue weighted by molar-refractivity contribution is 7.09. The molecule has 1 fully saturated rings. The van der Waals surface area contributed by atoms with Crippen LogP contribution in [-0.2, 0) is 24.4 Å². The van der Waals surface area contributed by atoms with E-state index in [9.17, 15) is 0 Å². The average Bonchev–Trinajstić information content (AvgIpc) is 2.98. The van der Waals surface area contributed by atoms with E-state index in [1.54, 1.807) is 7.11 Å². The summed E-state index contributed by atoms with van der Waals surface area (Å²) < 4.78 is 7.64. The number of nitrogens with zero attached hydrogens (tertiary/aromatic N) is 3. The third-order valence-corrected chi connectivity index (χ3v) is 5.49. The molecule has 0 N–H and O–H groups in total. The Bertz CT molecular complexity index is 618. The van der Waals surface area contributed by atoms with Gasteiger partial charge < -0.3 is 4.74 Å². The van der Waals surface area contributed by atoms with E-state index in [2.05, 4.69) is 33.3 Å². The van der Waals surface area contributed by atoms with Gasteiger partial charge in [-0.3, -0.25) is 9.58 Å². The second kappa shape index (κ2) is 6.14. The number of rotatable bonds is 6. The van der Waals surface area contributed by atoms with E-state index in [1.165, 1.54) is 29.0 Å². The topological polar surface area (TPSA) is 30.3 Å². The van der Waals surface area contributed by atoms with Gasteiger partial charge in [-0.25, -0.2) is 0 Å². The van der Waals surface area contributed by atoms with Crippen LogP contribution in [0, 0.1) is 5.92 Å². The first-order valence-corrected chi connectivity index (χ1v) is 8.99. The molecule has 0 unspecified atom stereocenters. The first-order chi connectivity index (χ1) is 10.8. The van der Waals surface area contributed by atoms with E-state index in [0.29, 0.717) is 5.92 Å². The quantitative estimate of drug-likeness (QED) is 0.820. The molecule has 3 heterocycles. The van der Waals surface area contributed by atoms with Crippen LogP contribution in [0.1, 0.15) is 34.9 Å². The number of fused-ring (bicyclic) bond motifs is 1. The third kappa shape index (κ3) is 3.12. The van der Waals surface area contributed by atoms with Crippen molar-refractivity contribution in [3.8, 4) is 0 Å². The van der Waals surface area contributed by atoms with E-state index in [-0.39, 0.29) is 0 Å². The summed E-state index contributed by atoms with van der Waals surface area (Å²) in [7, 11) is 1.80. The minimum atomic E-state index is 0.446. The number of hydrogen-bond donors (Lipinski definition) is 0. The van der Waals surface area contributed by atoms with Crippen molar-refractivity contribution in [2.24, 2.45) is 5.92 Å². The van der Waals surface area contributed by atoms with Crippen molar-refractivity contribution in [3.63, 3.8) is 0 Å². The average molecular weight is 317 g/mol. The van der Waals surface area contributed by atoms with Crippen molar-refractivity contribution in [3.05, 3.63) is 39.8 Å². The summed E-state index contributed by atoms with van der Waals surface area (Å²) in [4.78, 5) is 3.93. The molecular formula is C17H23N3OS. The monoisotopic (exact) mass is 317 g/mol. The predicted octanol–water partition coefficient (Wildman–Crippen LogP) is 3.10. The maximum absolute atomic E-state index is 5.46. The molecule has 0 aromatic carbocycles. The molecule has 0 spiro atoms. The van der Waals surface area contributed by atoms with Gasteiger partial charge in [0.05, 0.1) is 12.3 Å². The molecule has 0 saturated heterocycles. The zero-order valence-corrected chi connectivity index (χ0v) is 13.9. The molecule has 2 aromatic heterocycles. The Morgan fingerprint density at radius 2 is 2.32 bits per heavy atom. The Kier molecular flexibility index (Phi) is 4.03. The first-order valence-electron chi connectivity index (χ1n) is 8.11. The van der Waals surface area contributed by atoms with Gasteiger partial charge in [0.15, 0.2) is 0 Å². The van der Waals surface area contributed by atoms with Gasteiger partial charge in [0, 0.05) is 55.8 Å². The smallest absolute Gasteiger partial charge is 0.0801 e. The van der Waals surface area contributed by atoms with E-state index in [0.717, 1.165) is 38.7 Å². The Balaban J connectivity index is 1.53. The van der Waals surface area contributed by atoms with Crippen molar-refractivity contribution in [2.75, 3.05) is 20.3 Å². The molecule has 5 heteroatoms. The van der Waals surface area contributed by atoms with Crippen LogP contribution in [0.5, 0.6) is 0 Å². The Hall–Kier alpha value is -1.17. The lowest BCUT2D eigenvalue weighted by Crippen LogP contribution is -2.34. The molecule has 1 saturated carbocycles. The van der Waals surface area contributed by atoms with Crippen LogP contribution in [0.2, 0.25) is 0 Å². The molecule has 0 radical (unpaired) electrons. The number of thiophene rings is 1. The fourth-order valence-electron chi connectivity index (χ4n) is 3.37. The van der Waals surface area contributed by atoms with Crippen molar-refractivity contribution in [1.29, 1.82) is 0 Å². The van der Waals surface area contributed by atoms with Crippen LogP contribution in [0.25, 0.3) is 0 Å². The molecule has 4 nitrogen and oxygen atoms in total. The summed E-state index contributed by atoms with van der Waals surface area (Å²) in [6.45, 7) is 4.92. The fourth-order valence-corrected chi connectivity index (χ4v) is 4.12. The maximum Gasteiger partial charge on any atom is 0.0801 e. The first kappa shape index (κ1) is 14.4. The van der Waals surface area contributed by atoms with E-state index < -0.39 is 0 Å². The molecule has 0 amide bonds. The molecule has 22 heavy (non-hydrogen) atoms. The zero-order chi connectivity index (χ0) is 14.9. The standard InChI is InChI=1S/C17H23N3OS/c1-21-12-14-8-19(9-15-3-2-6-22-15)11-17-16(14)10-20(18-17)7-13-4-5-13/h2-3,6,10,13-14H,4-5,7-9,11-12H2,1H3/t14-/m0/s1. The van der Waals surface area contributed by atoms with Crippen molar-refractivity contribution >= 4 is 11.3 Å². The molecule has 118 valence electrons. The normalized spacial score (nSPS) is 22.0. The second-order valence-corrected chi connectivity index (χ2v) is 7.63. The highest BCUT2D eigenvalue weighted by Gasteiger charge is 2.30. The summed E-state index contributed by atoms with van der Waals surface area (Å²) in [5.41, 5.74) is 2.66. The summed E-state index contributed by atoms with van der Waals surface area (Å²) in [6.07, 6.45) is 5.02. The summed E-state index contributed by atoms with van der Waals surface area (Å²) in [5.74, 6) is 1.31. The highest BCUT2D eigenvalue weighted by atomic mass is 32.1. The van der Waals surface area contributed by atoms with Crippen LogP contribution in [0.4, 0.5) is 0 Å². The Morgan fingerprint density at radius 3 is 3.05 bits per heavy atom. The minimum Gasteiger partial charge on any atom is -0.384 e. The van der Waals surface area contributed by atoms with Crippen LogP contribution < -0.4 is 0 Å². The number of aromatic nitrogens is 2. The van der Waals surface area contributed by atoms with Gasteiger partial charge >= 0.3 is 0 Å².